The smallest absolute Gasteiger partial charge is 0.242 e. The van der Waals surface area contributed by atoms with Crippen molar-refractivity contribution in [3.8, 4) is 0 Å². The van der Waals surface area contributed by atoms with E-state index in [4.69, 9.17) is 0 Å². The van der Waals surface area contributed by atoms with E-state index < -0.39 is 0 Å². The molecule has 0 bridgehead atoms. The summed E-state index contributed by atoms with van der Waals surface area (Å²) in [6, 6.07) is 0. The molecule has 12 heteroatoms. The van der Waals surface area contributed by atoms with Crippen LogP contribution in [0.25, 0.3) is 0 Å². The maximum Gasteiger partial charge on any atom is 0.242 e. The van der Waals surface area contributed by atoms with E-state index in [-0.39, 0.29) is 74.7 Å². The molecule has 54 heavy (non-hydrogen) atoms. The number of unbranched alkanes of at least 4 members (excludes halogenated alkanes) is 12. The minimum absolute atomic E-state index is 0.180. The third-order valence-electron chi connectivity index (χ3n) is 10.3. The fraction of sp³-hybridized carbons (Fsp3) is 0.857. The fourth-order valence-electron chi connectivity index (χ4n) is 6.65. The summed E-state index contributed by atoms with van der Waals surface area (Å²) in [6.45, 7) is 13.6. The van der Waals surface area contributed by atoms with E-state index in [0.717, 1.165) is 116 Å². The van der Waals surface area contributed by atoms with Crippen LogP contribution in [0.2, 0.25) is 0 Å². The highest BCUT2D eigenvalue weighted by Crippen LogP contribution is 2.12. The van der Waals surface area contributed by atoms with Gasteiger partial charge in [0.2, 0.25) is 35.4 Å². The number of carbonyl (C=O) groups is 6. The maximum absolute atomic E-state index is 14.1. The number of nitrogens with zero attached hydrogens (tertiary/aromatic N) is 6. The SMILES string of the molecule is CCCCCN1CC(=O)N(CCCCC)CC(=O)N(CCCCC)CC(=O)N(CCCCC)CC(=O)N(CCCCC)CC(=O)N(CCCCC)CC1=O. The number of hydrogen-bond acceptors (Lipinski definition) is 6. The highest BCUT2D eigenvalue weighted by atomic mass is 16.2. The quantitative estimate of drug-likeness (QED) is 0.109. The molecule has 0 saturated carbocycles. The van der Waals surface area contributed by atoms with E-state index in [0.29, 0.717) is 39.3 Å². The molecule has 0 atom stereocenters. The van der Waals surface area contributed by atoms with Gasteiger partial charge in [-0.3, -0.25) is 28.8 Å². The van der Waals surface area contributed by atoms with Crippen LogP contribution in [0.3, 0.4) is 0 Å². The zero-order valence-corrected chi connectivity index (χ0v) is 35.3. The Labute approximate surface area is 328 Å². The molecule has 1 rings (SSSR count). The first kappa shape index (κ1) is 48.8. The van der Waals surface area contributed by atoms with Crippen molar-refractivity contribution in [1.82, 2.24) is 29.4 Å². The molecule has 6 amide bonds. The summed E-state index contributed by atoms with van der Waals surface area (Å²) in [4.78, 5) is 93.9. The number of hydrogen-bond donors (Lipinski definition) is 0. The Balaban J connectivity index is 3.75. The van der Waals surface area contributed by atoms with Crippen molar-refractivity contribution in [2.45, 2.75) is 157 Å². The molecular formula is C42H78N6O6. The van der Waals surface area contributed by atoms with Crippen LogP contribution in [0.15, 0.2) is 0 Å². The fourth-order valence-corrected chi connectivity index (χ4v) is 6.65. The standard InChI is InChI=1S/C42H78N6O6/c1-7-13-19-25-43-31-38(50)45(27-21-15-9-3)33-40(52)47(29-23-17-11-5)35-42(54)48(30-24-18-12-6)36-41(53)46(28-22-16-10-4)34-39(51)44(32-37(43)49)26-20-14-8-2/h7-36H2,1-6H3. The highest BCUT2D eigenvalue weighted by Gasteiger charge is 2.31. The molecular weight excluding hydrogens is 684 g/mol. The first-order valence-corrected chi connectivity index (χ1v) is 21.7. The normalized spacial score (nSPS) is 16.6. The maximum atomic E-state index is 14.1. The summed E-state index contributed by atoms with van der Waals surface area (Å²) in [5.41, 5.74) is 0. The van der Waals surface area contributed by atoms with Gasteiger partial charge in [-0.2, -0.15) is 0 Å². The molecule has 1 heterocycles. The largest absolute Gasteiger partial charge is 0.332 e. The molecule has 1 aliphatic heterocycles. The molecule has 0 unspecified atom stereocenters. The zero-order valence-electron chi connectivity index (χ0n) is 35.3. The third-order valence-corrected chi connectivity index (χ3v) is 10.3. The molecule has 0 aromatic heterocycles. The van der Waals surface area contributed by atoms with Crippen molar-refractivity contribution in [3.05, 3.63) is 0 Å². The Morgan fingerprint density at radius 1 is 0.259 bits per heavy atom. The molecule has 0 N–H and O–H groups in total. The summed E-state index contributed by atoms with van der Waals surface area (Å²) in [5, 5.41) is 0. The van der Waals surface area contributed by atoms with Gasteiger partial charge in [0.05, 0.1) is 39.3 Å². The number of carbonyl (C=O) groups excluding carboxylic acids is 6. The molecule has 312 valence electrons. The topological polar surface area (TPSA) is 122 Å². The third kappa shape index (κ3) is 19.9. The molecule has 0 radical (unpaired) electrons. The first-order chi connectivity index (χ1) is 26.1. The molecule has 0 aromatic rings. The Hall–Kier alpha value is -3.18. The van der Waals surface area contributed by atoms with Crippen molar-refractivity contribution < 1.29 is 28.8 Å². The lowest BCUT2D eigenvalue weighted by molar-refractivity contribution is -0.150. The highest BCUT2D eigenvalue weighted by molar-refractivity contribution is 5.93. The van der Waals surface area contributed by atoms with Crippen LogP contribution >= 0.6 is 0 Å². The van der Waals surface area contributed by atoms with Gasteiger partial charge in [0, 0.05) is 39.3 Å². The zero-order chi connectivity index (χ0) is 40.1. The summed E-state index contributed by atoms with van der Waals surface area (Å²) in [5.74, 6) is -1.82. The summed E-state index contributed by atoms with van der Waals surface area (Å²) in [6.07, 6.45) is 15.3. The average molecular weight is 763 g/mol. The van der Waals surface area contributed by atoms with E-state index in [2.05, 4.69) is 41.5 Å². The van der Waals surface area contributed by atoms with Gasteiger partial charge in [0.25, 0.3) is 0 Å². The minimum atomic E-state index is -0.303. The first-order valence-electron chi connectivity index (χ1n) is 21.7. The molecule has 1 saturated heterocycles. The second kappa shape index (κ2) is 30.1. The van der Waals surface area contributed by atoms with Crippen molar-refractivity contribution in [2.24, 2.45) is 0 Å². The number of amides is 6. The molecule has 1 fully saturated rings. The van der Waals surface area contributed by atoms with Gasteiger partial charge >= 0.3 is 0 Å². The van der Waals surface area contributed by atoms with Crippen molar-refractivity contribution in [1.29, 1.82) is 0 Å². The van der Waals surface area contributed by atoms with Gasteiger partial charge in [-0.05, 0) is 38.5 Å². The minimum Gasteiger partial charge on any atom is -0.332 e. The van der Waals surface area contributed by atoms with Crippen LogP contribution in [-0.2, 0) is 28.8 Å². The van der Waals surface area contributed by atoms with Gasteiger partial charge in [-0.15, -0.1) is 0 Å². The van der Waals surface area contributed by atoms with Crippen LogP contribution in [0.1, 0.15) is 157 Å². The van der Waals surface area contributed by atoms with Gasteiger partial charge in [0.15, 0.2) is 0 Å². The van der Waals surface area contributed by atoms with E-state index in [1.165, 1.54) is 0 Å². The summed E-state index contributed by atoms with van der Waals surface area (Å²) in [7, 11) is 0. The van der Waals surface area contributed by atoms with Crippen molar-refractivity contribution in [2.75, 3.05) is 78.5 Å². The summed E-state index contributed by atoms with van der Waals surface area (Å²) < 4.78 is 0. The average Bonchev–Trinajstić information content (AvgIpc) is 3.15. The van der Waals surface area contributed by atoms with Crippen LogP contribution in [0.4, 0.5) is 0 Å². The second-order valence-electron chi connectivity index (χ2n) is 15.1. The molecule has 0 spiro atoms. The van der Waals surface area contributed by atoms with Crippen molar-refractivity contribution in [3.63, 3.8) is 0 Å². The lowest BCUT2D eigenvalue weighted by atomic mass is 10.2. The predicted octanol–water partition coefficient (Wildman–Crippen LogP) is 6.11. The van der Waals surface area contributed by atoms with Gasteiger partial charge < -0.3 is 29.4 Å². The van der Waals surface area contributed by atoms with E-state index in [1.807, 2.05) is 0 Å². The Bertz CT molecular complexity index is 886. The van der Waals surface area contributed by atoms with Crippen LogP contribution < -0.4 is 0 Å². The van der Waals surface area contributed by atoms with Gasteiger partial charge in [0.1, 0.15) is 0 Å². The van der Waals surface area contributed by atoms with Crippen LogP contribution in [0.5, 0.6) is 0 Å². The van der Waals surface area contributed by atoms with Gasteiger partial charge in [-0.25, -0.2) is 0 Å². The van der Waals surface area contributed by atoms with E-state index in [9.17, 15) is 28.8 Å². The molecule has 0 aliphatic carbocycles. The van der Waals surface area contributed by atoms with Crippen molar-refractivity contribution >= 4 is 35.4 Å². The lowest BCUT2D eigenvalue weighted by Gasteiger charge is -2.34. The van der Waals surface area contributed by atoms with Gasteiger partial charge in [-0.1, -0.05) is 119 Å². The molecule has 12 nitrogen and oxygen atoms in total. The van der Waals surface area contributed by atoms with Crippen LogP contribution in [-0.4, -0.2) is 143 Å². The monoisotopic (exact) mass is 763 g/mol. The summed E-state index contributed by atoms with van der Waals surface area (Å²) >= 11 is 0. The van der Waals surface area contributed by atoms with E-state index >= 15 is 0 Å². The Kier molecular flexibility index (Phi) is 27.2. The van der Waals surface area contributed by atoms with Crippen LogP contribution in [0, 0.1) is 0 Å². The molecule has 0 aromatic carbocycles. The predicted molar refractivity (Wildman–Crippen MR) is 217 cm³/mol. The number of rotatable bonds is 24. The second-order valence-corrected chi connectivity index (χ2v) is 15.1. The Morgan fingerprint density at radius 3 is 0.500 bits per heavy atom. The Morgan fingerprint density at radius 2 is 0.389 bits per heavy atom. The lowest BCUT2D eigenvalue weighted by Crippen LogP contribution is -2.54. The van der Waals surface area contributed by atoms with E-state index in [1.54, 1.807) is 29.4 Å². The molecule has 1 aliphatic rings.